The van der Waals surface area contributed by atoms with Crippen LogP contribution in [0.15, 0.2) is 23.1 Å². The monoisotopic (exact) mass is 385 g/mol. The van der Waals surface area contributed by atoms with Crippen molar-refractivity contribution in [2.24, 2.45) is 0 Å². The van der Waals surface area contributed by atoms with Crippen molar-refractivity contribution < 1.29 is 27.5 Å². The molecule has 0 aliphatic heterocycles. The molecule has 0 bridgehead atoms. The minimum atomic E-state index is -3.70. The van der Waals surface area contributed by atoms with Gasteiger partial charge in [0.05, 0.1) is 17.0 Å². The van der Waals surface area contributed by atoms with Gasteiger partial charge in [0.15, 0.2) is 6.61 Å². The van der Waals surface area contributed by atoms with Gasteiger partial charge in [0.25, 0.3) is 5.91 Å². The van der Waals surface area contributed by atoms with E-state index >= 15 is 0 Å². The van der Waals surface area contributed by atoms with Gasteiger partial charge in [0, 0.05) is 28.2 Å². The molecule has 0 atom stereocenters. The Kier molecular flexibility index (Phi) is 7.28. The molecule has 144 valence electrons. The first-order chi connectivity index (χ1) is 12.0. The second-order valence-corrected chi connectivity index (χ2v) is 7.92. The first-order valence-electron chi connectivity index (χ1n) is 7.65. The van der Waals surface area contributed by atoms with Gasteiger partial charge in [-0.1, -0.05) is 6.07 Å². The molecule has 1 N–H and O–H groups in total. The molecule has 0 saturated carbocycles. The van der Waals surface area contributed by atoms with E-state index in [9.17, 15) is 22.8 Å². The van der Waals surface area contributed by atoms with Crippen LogP contribution in [0.2, 0.25) is 0 Å². The fraction of sp³-hybridized carbons (Fsp3) is 0.438. The number of carbonyl (C=O) groups is 3. The third-order valence-corrected chi connectivity index (χ3v) is 5.43. The van der Waals surface area contributed by atoms with Gasteiger partial charge in [0.2, 0.25) is 15.9 Å². The standard InChI is InChI=1S/C16H23N3O6S/c1-11-6-7-12(26(23,24)18(3)4)8-13(11)16(22)25-10-15(21)19(5)9-14(20)17-2/h6-8H,9-10H2,1-5H3,(H,17,20). The Morgan fingerprint density at radius 3 is 2.31 bits per heavy atom. The average molecular weight is 385 g/mol. The summed E-state index contributed by atoms with van der Waals surface area (Å²) < 4.78 is 30.4. The van der Waals surface area contributed by atoms with Gasteiger partial charge in [0.1, 0.15) is 0 Å². The van der Waals surface area contributed by atoms with Crippen LogP contribution in [-0.4, -0.2) is 76.7 Å². The van der Waals surface area contributed by atoms with E-state index in [1.54, 1.807) is 6.92 Å². The molecule has 0 unspecified atom stereocenters. The van der Waals surface area contributed by atoms with Crippen molar-refractivity contribution in [1.82, 2.24) is 14.5 Å². The normalized spacial score (nSPS) is 11.2. The predicted molar refractivity (Wildman–Crippen MR) is 94.0 cm³/mol. The smallest absolute Gasteiger partial charge is 0.338 e. The summed E-state index contributed by atoms with van der Waals surface area (Å²) in [4.78, 5) is 36.4. The van der Waals surface area contributed by atoms with E-state index in [1.165, 1.54) is 46.4 Å². The molecule has 0 fully saturated rings. The summed E-state index contributed by atoms with van der Waals surface area (Å²) in [6.07, 6.45) is 0. The van der Waals surface area contributed by atoms with Crippen LogP contribution in [-0.2, 0) is 24.3 Å². The highest BCUT2D eigenvalue weighted by atomic mass is 32.2. The highest BCUT2D eigenvalue weighted by Gasteiger charge is 2.22. The fourth-order valence-corrected chi connectivity index (χ4v) is 2.82. The molecule has 0 aliphatic carbocycles. The molecule has 1 aromatic rings. The number of ether oxygens (including phenoxy) is 1. The largest absolute Gasteiger partial charge is 0.452 e. The lowest BCUT2D eigenvalue weighted by molar-refractivity contribution is -0.137. The summed E-state index contributed by atoms with van der Waals surface area (Å²) in [6, 6.07) is 4.10. The molecular formula is C16H23N3O6S. The van der Waals surface area contributed by atoms with Crippen molar-refractivity contribution in [3.63, 3.8) is 0 Å². The highest BCUT2D eigenvalue weighted by Crippen LogP contribution is 2.18. The van der Waals surface area contributed by atoms with Crippen molar-refractivity contribution in [3.8, 4) is 0 Å². The number of nitrogens with zero attached hydrogens (tertiary/aromatic N) is 2. The first kappa shape index (κ1) is 21.6. The first-order valence-corrected chi connectivity index (χ1v) is 9.09. The maximum Gasteiger partial charge on any atom is 0.338 e. The number of carbonyl (C=O) groups excluding carboxylic acids is 3. The van der Waals surface area contributed by atoms with Gasteiger partial charge in [-0.3, -0.25) is 9.59 Å². The molecule has 9 nitrogen and oxygen atoms in total. The lowest BCUT2D eigenvalue weighted by Crippen LogP contribution is -2.39. The number of hydrogen-bond donors (Lipinski definition) is 1. The summed E-state index contributed by atoms with van der Waals surface area (Å²) >= 11 is 0. The highest BCUT2D eigenvalue weighted by molar-refractivity contribution is 7.89. The number of hydrogen-bond acceptors (Lipinski definition) is 6. The molecule has 0 aromatic heterocycles. The molecular weight excluding hydrogens is 362 g/mol. The van der Waals surface area contributed by atoms with E-state index in [0.29, 0.717) is 5.56 Å². The van der Waals surface area contributed by atoms with Gasteiger partial charge < -0.3 is 15.0 Å². The minimum absolute atomic E-state index is 0.0506. The maximum absolute atomic E-state index is 12.2. The Morgan fingerprint density at radius 2 is 1.77 bits per heavy atom. The zero-order chi connectivity index (χ0) is 20.1. The quantitative estimate of drug-likeness (QED) is 0.640. The summed E-state index contributed by atoms with van der Waals surface area (Å²) in [7, 11) is 1.91. The van der Waals surface area contributed by atoms with Crippen LogP contribution in [0, 0.1) is 6.92 Å². The van der Waals surface area contributed by atoms with Crippen LogP contribution in [0.25, 0.3) is 0 Å². The van der Waals surface area contributed by atoms with Gasteiger partial charge >= 0.3 is 5.97 Å². The second-order valence-electron chi connectivity index (χ2n) is 5.76. The number of esters is 1. The van der Waals surface area contributed by atoms with Crippen LogP contribution in [0.5, 0.6) is 0 Å². The third-order valence-electron chi connectivity index (χ3n) is 3.62. The Labute approximate surface area is 153 Å². The summed E-state index contributed by atoms with van der Waals surface area (Å²) in [5.41, 5.74) is 0.563. The lowest BCUT2D eigenvalue weighted by Gasteiger charge is -2.16. The van der Waals surface area contributed by atoms with Crippen molar-refractivity contribution in [2.75, 3.05) is 41.3 Å². The second kappa shape index (κ2) is 8.77. The Balaban J connectivity index is 2.88. The van der Waals surface area contributed by atoms with Crippen molar-refractivity contribution >= 4 is 27.8 Å². The molecule has 2 amide bonds. The average Bonchev–Trinajstić information content (AvgIpc) is 2.58. The number of rotatable bonds is 7. The van der Waals surface area contributed by atoms with Gasteiger partial charge in [-0.15, -0.1) is 0 Å². The molecule has 10 heteroatoms. The summed E-state index contributed by atoms with van der Waals surface area (Å²) in [6.45, 7) is 0.904. The number of nitrogens with one attached hydrogen (secondary N) is 1. The van der Waals surface area contributed by atoms with E-state index in [2.05, 4.69) is 5.32 Å². The maximum atomic E-state index is 12.2. The Hall–Kier alpha value is -2.46. The third kappa shape index (κ3) is 5.27. The van der Waals surface area contributed by atoms with Crippen molar-refractivity contribution in [2.45, 2.75) is 11.8 Å². The molecule has 0 heterocycles. The Bertz CT molecular complexity index is 804. The van der Waals surface area contributed by atoms with Crippen LogP contribution in [0.1, 0.15) is 15.9 Å². The Morgan fingerprint density at radius 1 is 1.15 bits per heavy atom. The van der Waals surface area contributed by atoms with Crippen LogP contribution in [0.3, 0.4) is 0 Å². The number of sulfonamides is 1. The van der Waals surface area contributed by atoms with E-state index in [4.69, 9.17) is 4.74 Å². The molecule has 26 heavy (non-hydrogen) atoms. The van der Waals surface area contributed by atoms with Crippen molar-refractivity contribution in [1.29, 1.82) is 0 Å². The zero-order valence-electron chi connectivity index (χ0n) is 15.4. The molecule has 1 rings (SSSR count). The van der Waals surface area contributed by atoms with Crippen molar-refractivity contribution in [3.05, 3.63) is 29.3 Å². The van der Waals surface area contributed by atoms with Gasteiger partial charge in [-0.05, 0) is 24.6 Å². The van der Waals surface area contributed by atoms with E-state index in [0.717, 1.165) is 9.21 Å². The summed E-state index contributed by atoms with van der Waals surface area (Å²) in [5.74, 6) is -1.73. The topological polar surface area (TPSA) is 113 Å². The molecule has 0 saturated heterocycles. The van der Waals surface area contributed by atoms with Crippen LogP contribution >= 0.6 is 0 Å². The zero-order valence-corrected chi connectivity index (χ0v) is 16.2. The molecule has 0 spiro atoms. The fourth-order valence-electron chi connectivity index (χ4n) is 1.89. The number of amides is 2. The van der Waals surface area contributed by atoms with Gasteiger partial charge in [-0.2, -0.15) is 0 Å². The molecule has 0 aliphatic rings. The number of aryl methyl sites for hydroxylation is 1. The SMILES string of the molecule is CNC(=O)CN(C)C(=O)COC(=O)c1cc(S(=O)(=O)N(C)C)ccc1C. The van der Waals surface area contributed by atoms with Crippen LogP contribution < -0.4 is 5.32 Å². The van der Waals surface area contributed by atoms with E-state index in [-0.39, 0.29) is 22.9 Å². The summed E-state index contributed by atoms with van der Waals surface area (Å²) in [5, 5.41) is 2.38. The molecule has 1 aromatic carbocycles. The number of benzene rings is 1. The molecule has 0 radical (unpaired) electrons. The van der Waals surface area contributed by atoms with E-state index in [1.807, 2.05) is 0 Å². The lowest BCUT2D eigenvalue weighted by atomic mass is 10.1. The van der Waals surface area contributed by atoms with E-state index < -0.39 is 28.5 Å². The number of likely N-dealkylation sites (N-methyl/N-ethyl adjacent to an activating group) is 2. The van der Waals surface area contributed by atoms with Crippen LogP contribution in [0.4, 0.5) is 0 Å². The van der Waals surface area contributed by atoms with Gasteiger partial charge in [-0.25, -0.2) is 17.5 Å². The predicted octanol–water partition coefficient (Wildman–Crippen LogP) is -0.393. The minimum Gasteiger partial charge on any atom is -0.452 e.